The molecule has 12 heavy (non-hydrogen) atoms. The summed E-state index contributed by atoms with van der Waals surface area (Å²) < 4.78 is 39.8. The fourth-order valence-corrected chi connectivity index (χ4v) is 0.544. The van der Waals surface area contributed by atoms with E-state index in [1.807, 2.05) is 0 Å². The summed E-state index contributed by atoms with van der Waals surface area (Å²) in [6, 6.07) is -1.64. The van der Waals surface area contributed by atoms with E-state index in [9.17, 15) is 18.0 Å². The average Bonchev–Trinajstić information content (AvgIpc) is 1.98. The number of esters is 1. The van der Waals surface area contributed by atoms with Gasteiger partial charge in [-0.05, 0) is 0 Å². The number of methoxy groups -OCH3 is 1. The van der Waals surface area contributed by atoms with Crippen LogP contribution in [-0.4, -0.2) is 25.3 Å². The van der Waals surface area contributed by atoms with Gasteiger partial charge in [-0.3, -0.25) is 4.79 Å². The van der Waals surface area contributed by atoms with E-state index in [1.54, 1.807) is 0 Å². The minimum atomic E-state index is -4.46. The Hall–Kier alpha value is -0.780. The topological polar surface area (TPSA) is 52.3 Å². The molecule has 0 rings (SSSR count). The van der Waals surface area contributed by atoms with E-state index in [0.29, 0.717) is 0 Å². The van der Waals surface area contributed by atoms with Crippen LogP contribution in [0.5, 0.6) is 0 Å². The molecule has 2 N–H and O–H groups in total. The van der Waals surface area contributed by atoms with E-state index in [-0.39, 0.29) is 0 Å². The van der Waals surface area contributed by atoms with E-state index in [0.717, 1.165) is 14.0 Å². The molecule has 72 valence electrons. The maximum absolute atomic E-state index is 11.9. The van der Waals surface area contributed by atoms with Crippen molar-refractivity contribution in [2.45, 2.75) is 19.1 Å². The van der Waals surface area contributed by atoms with Crippen LogP contribution in [0.3, 0.4) is 0 Å². The van der Waals surface area contributed by atoms with Crippen molar-refractivity contribution in [3.8, 4) is 0 Å². The minimum Gasteiger partial charge on any atom is -0.468 e. The monoisotopic (exact) mass is 185 g/mol. The van der Waals surface area contributed by atoms with Gasteiger partial charge in [0.1, 0.15) is 6.04 Å². The number of halogens is 3. The highest BCUT2D eigenvalue weighted by Gasteiger charge is 2.42. The molecule has 0 aromatic carbocycles. The quantitative estimate of drug-likeness (QED) is 0.644. The summed E-state index contributed by atoms with van der Waals surface area (Å²) in [6.07, 6.45) is -4.46. The number of nitrogens with two attached hydrogens (primary N) is 1. The summed E-state index contributed by atoms with van der Waals surface area (Å²) in [6.45, 7) is 0.835. The molecule has 0 amide bonds. The van der Waals surface area contributed by atoms with Gasteiger partial charge in [0.2, 0.25) is 0 Å². The Morgan fingerprint density at radius 2 is 1.92 bits per heavy atom. The van der Waals surface area contributed by atoms with Gasteiger partial charge in [0, 0.05) is 0 Å². The Kier molecular flexibility index (Phi) is 3.51. The molecule has 0 fully saturated rings. The van der Waals surface area contributed by atoms with Crippen LogP contribution in [0.2, 0.25) is 0 Å². The van der Waals surface area contributed by atoms with Gasteiger partial charge >= 0.3 is 12.1 Å². The van der Waals surface area contributed by atoms with Crippen LogP contribution in [0.4, 0.5) is 13.2 Å². The predicted octanol–water partition coefficient (Wildman–Crippen LogP) is 0.685. The van der Waals surface area contributed by atoms with Crippen LogP contribution in [-0.2, 0) is 9.53 Å². The van der Waals surface area contributed by atoms with Crippen molar-refractivity contribution in [1.82, 2.24) is 0 Å². The van der Waals surface area contributed by atoms with Gasteiger partial charge in [-0.25, -0.2) is 0 Å². The van der Waals surface area contributed by atoms with Crippen LogP contribution >= 0.6 is 0 Å². The Labute approximate surface area is 67.7 Å². The van der Waals surface area contributed by atoms with Crippen LogP contribution < -0.4 is 5.73 Å². The van der Waals surface area contributed by atoms with Gasteiger partial charge < -0.3 is 10.5 Å². The Morgan fingerprint density at radius 3 is 2.17 bits per heavy atom. The number of ether oxygens (including phenoxy) is 1. The molecular formula is C6H10F3NO2. The zero-order chi connectivity index (χ0) is 9.94. The summed E-state index contributed by atoms with van der Waals surface area (Å²) in [5.74, 6) is -2.94. The van der Waals surface area contributed by atoms with Gasteiger partial charge in [-0.1, -0.05) is 6.92 Å². The van der Waals surface area contributed by atoms with Crippen molar-refractivity contribution in [1.29, 1.82) is 0 Å². The van der Waals surface area contributed by atoms with Crippen molar-refractivity contribution in [3.63, 3.8) is 0 Å². The molecule has 6 heteroatoms. The first kappa shape index (κ1) is 11.2. The molecule has 2 atom stereocenters. The molecule has 0 aliphatic rings. The molecule has 1 unspecified atom stereocenters. The number of carbonyl (C=O) groups excluding carboxylic acids is 1. The molecular weight excluding hydrogens is 175 g/mol. The molecule has 0 spiro atoms. The van der Waals surface area contributed by atoms with E-state index < -0.39 is 24.1 Å². The number of hydrogen-bond donors (Lipinski definition) is 1. The lowest BCUT2D eigenvalue weighted by molar-refractivity contribution is -0.183. The van der Waals surface area contributed by atoms with Crippen molar-refractivity contribution in [2.24, 2.45) is 11.7 Å². The van der Waals surface area contributed by atoms with E-state index in [4.69, 9.17) is 5.73 Å². The number of hydrogen-bond acceptors (Lipinski definition) is 3. The third-order valence-corrected chi connectivity index (χ3v) is 1.53. The molecule has 0 heterocycles. The highest BCUT2D eigenvalue weighted by atomic mass is 19.4. The third-order valence-electron chi connectivity index (χ3n) is 1.53. The van der Waals surface area contributed by atoms with E-state index in [2.05, 4.69) is 4.74 Å². The highest BCUT2D eigenvalue weighted by molar-refractivity contribution is 5.75. The summed E-state index contributed by atoms with van der Waals surface area (Å²) in [5, 5.41) is 0. The van der Waals surface area contributed by atoms with Crippen LogP contribution in [0.25, 0.3) is 0 Å². The standard InChI is InChI=1S/C6H10F3NO2/c1-3(6(7,8)9)4(10)5(11)12-2/h3-4H,10H2,1-2H3/t3-,4?/m0/s1. The first-order valence-electron chi connectivity index (χ1n) is 3.20. The molecule has 0 saturated carbocycles. The van der Waals surface area contributed by atoms with E-state index >= 15 is 0 Å². The molecule has 0 saturated heterocycles. The lowest BCUT2D eigenvalue weighted by Gasteiger charge is -2.19. The van der Waals surface area contributed by atoms with Crippen molar-refractivity contribution in [2.75, 3.05) is 7.11 Å². The summed E-state index contributed by atoms with van der Waals surface area (Å²) >= 11 is 0. The summed E-state index contributed by atoms with van der Waals surface area (Å²) in [4.78, 5) is 10.6. The first-order valence-corrected chi connectivity index (χ1v) is 3.20. The smallest absolute Gasteiger partial charge is 0.393 e. The number of carbonyl (C=O) groups is 1. The second-order valence-corrected chi connectivity index (χ2v) is 2.38. The molecule has 0 bridgehead atoms. The van der Waals surface area contributed by atoms with E-state index in [1.165, 1.54) is 0 Å². The zero-order valence-electron chi connectivity index (χ0n) is 6.68. The highest BCUT2D eigenvalue weighted by Crippen LogP contribution is 2.27. The predicted molar refractivity (Wildman–Crippen MR) is 35.2 cm³/mol. The average molecular weight is 185 g/mol. The molecule has 3 nitrogen and oxygen atoms in total. The number of rotatable bonds is 2. The SMILES string of the molecule is COC(=O)C(N)[C@H](C)C(F)(F)F. The summed E-state index contributed by atoms with van der Waals surface area (Å²) in [5.41, 5.74) is 4.96. The molecule has 0 aliphatic heterocycles. The number of alkyl halides is 3. The Morgan fingerprint density at radius 1 is 1.50 bits per heavy atom. The van der Waals surface area contributed by atoms with Crippen LogP contribution in [0.1, 0.15) is 6.92 Å². The summed E-state index contributed by atoms with van der Waals surface area (Å²) in [7, 11) is 0.991. The molecule has 0 aromatic heterocycles. The Bertz CT molecular complexity index is 169. The third kappa shape index (κ3) is 2.69. The van der Waals surface area contributed by atoms with Crippen molar-refractivity contribution >= 4 is 5.97 Å². The normalized spacial score (nSPS) is 16.8. The fraction of sp³-hybridized carbons (Fsp3) is 0.833. The fourth-order valence-electron chi connectivity index (χ4n) is 0.544. The second-order valence-electron chi connectivity index (χ2n) is 2.38. The minimum absolute atomic E-state index is 0.835. The van der Waals surface area contributed by atoms with Gasteiger partial charge in [0.25, 0.3) is 0 Å². The molecule has 0 aliphatic carbocycles. The lowest BCUT2D eigenvalue weighted by atomic mass is 10.0. The van der Waals surface area contributed by atoms with Crippen LogP contribution in [0, 0.1) is 5.92 Å². The molecule has 0 aromatic rings. The molecule has 0 radical (unpaired) electrons. The Balaban J connectivity index is 4.29. The lowest BCUT2D eigenvalue weighted by Crippen LogP contribution is -2.44. The second kappa shape index (κ2) is 3.75. The van der Waals surface area contributed by atoms with Gasteiger partial charge in [-0.15, -0.1) is 0 Å². The largest absolute Gasteiger partial charge is 0.468 e. The maximum Gasteiger partial charge on any atom is 0.393 e. The first-order chi connectivity index (χ1) is 5.30. The van der Waals surface area contributed by atoms with Crippen molar-refractivity contribution < 1.29 is 22.7 Å². The van der Waals surface area contributed by atoms with Crippen LogP contribution in [0.15, 0.2) is 0 Å². The maximum atomic E-state index is 11.9. The zero-order valence-corrected chi connectivity index (χ0v) is 6.68. The van der Waals surface area contributed by atoms with Gasteiger partial charge in [0.15, 0.2) is 0 Å². The van der Waals surface area contributed by atoms with Gasteiger partial charge in [0.05, 0.1) is 13.0 Å². The van der Waals surface area contributed by atoms with Gasteiger partial charge in [-0.2, -0.15) is 13.2 Å². The van der Waals surface area contributed by atoms with Crippen molar-refractivity contribution in [3.05, 3.63) is 0 Å².